The van der Waals surface area contributed by atoms with Crippen molar-refractivity contribution in [3.63, 3.8) is 0 Å². The van der Waals surface area contributed by atoms with Crippen LogP contribution in [0.1, 0.15) is 80.1 Å². The molecular formula is C28H44O2. The summed E-state index contributed by atoms with van der Waals surface area (Å²) in [4.78, 5) is 11.0. The van der Waals surface area contributed by atoms with E-state index in [1.807, 2.05) is 0 Å². The normalized spacial score (nSPS) is 13.2. The molecule has 0 saturated carbocycles. The molecule has 0 heterocycles. The molecule has 1 atom stereocenters. The van der Waals surface area contributed by atoms with E-state index in [2.05, 4.69) is 73.1 Å². The molecule has 0 rings (SSSR count). The van der Waals surface area contributed by atoms with E-state index in [1.54, 1.807) is 0 Å². The molecule has 1 unspecified atom stereocenters. The van der Waals surface area contributed by atoms with Crippen LogP contribution in [0.5, 0.6) is 0 Å². The van der Waals surface area contributed by atoms with Crippen molar-refractivity contribution in [1.29, 1.82) is 0 Å². The van der Waals surface area contributed by atoms with Crippen molar-refractivity contribution in [1.82, 2.24) is 0 Å². The first-order valence-electron chi connectivity index (χ1n) is 11.3. The number of ether oxygens (including phenoxy) is 1. The minimum absolute atomic E-state index is 0.242. The first-order chi connectivity index (χ1) is 14.0. The SMILES string of the molecule is C=C(/C=C(/CCCOC(C)=O)C(=C)CC)C(=C)/C(=C\C(=C)C(C)CCC(C)C)CC. The number of hydrogen-bond acceptors (Lipinski definition) is 2. The standard InChI is InChI=1S/C28H44O2/c1-11-21(5)28(14-13-17-30-26(10)29)19-24(8)25(9)27(12-2)18-23(7)22(6)16-15-20(3)4/h18-20,22H,5,7-9,11-17H2,1-4,6,10H3/b27-18-,28-19-. The summed E-state index contributed by atoms with van der Waals surface area (Å²) in [5.41, 5.74) is 6.43. The molecule has 2 heteroatoms. The number of carbonyl (C=O) groups excluding carboxylic acids is 1. The van der Waals surface area contributed by atoms with Crippen LogP contribution in [0.4, 0.5) is 0 Å². The summed E-state index contributed by atoms with van der Waals surface area (Å²) in [6.07, 6.45) is 9.98. The van der Waals surface area contributed by atoms with Crippen LogP contribution in [0.15, 0.2) is 71.9 Å². The van der Waals surface area contributed by atoms with Gasteiger partial charge in [0, 0.05) is 6.92 Å². The number of carbonyl (C=O) groups is 1. The number of allylic oxidation sites excluding steroid dienone is 8. The lowest BCUT2D eigenvalue weighted by atomic mass is 9.88. The van der Waals surface area contributed by atoms with E-state index in [0.29, 0.717) is 18.4 Å². The van der Waals surface area contributed by atoms with Crippen LogP contribution in [0, 0.1) is 11.8 Å². The lowest BCUT2D eigenvalue weighted by Crippen LogP contribution is -2.02. The molecule has 0 bridgehead atoms. The van der Waals surface area contributed by atoms with Crippen molar-refractivity contribution in [2.24, 2.45) is 11.8 Å². The van der Waals surface area contributed by atoms with Crippen LogP contribution in [-0.4, -0.2) is 12.6 Å². The Morgan fingerprint density at radius 1 is 0.933 bits per heavy atom. The van der Waals surface area contributed by atoms with Gasteiger partial charge >= 0.3 is 5.97 Å². The lowest BCUT2D eigenvalue weighted by molar-refractivity contribution is -0.141. The maximum Gasteiger partial charge on any atom is 0.302 e. The molecule has 0 amide bonds. The number of rotatable bonds is 15. The van der Waals surface area contributed by atoms with Gasteiger partial charge < -0.3 is 4.74 Å². The van der Waals surface area contributed by atoms with Gasteiger partial charge in [-0.2, -0.15) is 0 Å². The summed E-state index contributed by atoms with van der Waals surface area (Å²) >= 11 is 0. The summed E-state index contributed by atoms with van der Waals surface area (Å²) in [6, 6.07) is 0. The van der Waals surface area contributed by atoms with Gasteiger partial charge in [0.25, 0.3) is 0 Å². The molecule has 0 N–H and O–H groups in total. The van der Waals surface area contributed by atoms with Gasteiger partial charge in [-0.1, -0.05) is 90.7 Å². The van der Waals surface area contributed by atoms with Crippen LogP contribution in [0.2, 0.25) is 0 Å². The summed E-state index contributed by atoms with van der Waals surface area (Å²) in [5, 5.41) is 0. The summed E-state index contributed by atoms with van der Waals surface area (Å²) in [6.45, 7) is 30.0. The van der Waals surface area contributed by atoms with E-state index >= 15 is 0 Å². The van der Waals surface area contributed by atoms with Crippen LogP contribution < -0.4 is 0 Å². The Balaban J connectivity index is 5.30. The Hall–Kier alpha value is -2.09. The highest BCUT2D eigenvalue weighted by molar-refractivity contribution is 5.65. The van der Waals surface area contributed by atoms with Crippen molar-refractivity contribution < 1.29 is 9.53 Å². The molecule has 0 fully saturated rings. The monoisotopic (exact) mass is 412 g/mol. The van der Waals surface area contributed by atoms with E-state index in [0.717, 1.165) is 60.0 Å². The fourth-order valence-corrected chi connectivity index (χ4v) is 3.10. The predicted molar refractivity (Wildman–Crippen MR) is 132 cm³/mol. The minimum atomic E-state index is -0.242. The molecule has 2 nitrogen and oxygen atoms in total. The molecular weight excluding hydrogens is 368 g/mol. The molecule has 0 aliphatic heterocycles. The second-order valence-electron chi connectivity index (χ2n) is 8.54. The largest absolute Gasteiger partial charge is 0.466 e. The van der Waals surface area contributed by atoms with Crippen LogP contribution in [0.3, 0.4) is 0 Å². The van der Waals surface area contributed by atoms with Crippen LogP contribution in [-0.2, 0) is 9.53 Å². The first kappa shape index (κ1) is 27.9. The highest BCUT2D eigenvalue weighted by atomic mass is 16.5. The molecule has 0 aromatic rings. The zero-order valence-corrected chi connectivity index (χ0v) is 20.4. The van der Waals surface area contributed by atoms with Gasteiger partial charge in [-0.15, -0.1) is 0 Å². The fourth-order valence-electron chi connectivity index (χ4n) is 3.10. The Labute approximate surface area is 186 Å². The molecule has 0 aromatic heterocycles. The Morgan fingerprint density at radius 2 is 1.57 bits per heavy atom. The van der Waals surface area contributed by atoms with Crippen molar-refractivity contribution in [3.8, 4) is 0 Å². The topological polar surface area (TPSA) is 26.3 Å². The van der Waals surface area contributed by atoms with Crippen molar-refractivity contribution in [2.75, 3.05) is 6.61 Å². The minimum Gasteiger partial charge on any atom is -0.466 e. The third-order valence-corrected chi connectivity index (χ3v) is 5.45. The Morgan fingerprint density at radius 3 is 2.07 bits per heavy atom. The predicted octanol–water partition coefficient (Wildman–Crippen LogP) is 8.30. The van der Waals surface area contributed by atoms with E-state index < -0.39 is 0 Å². The van der Waals surface area contributed by atoms with Gasteiger partial charge in [-0.3, -0.25) is 4.79 Å². The Bertz CT molecular complexity index is 685. The van der Waals surface area contributed by atoms with E-state index in [1.165, 1.54) is 18.9 Å². The van der Waals surface area contributed by atoms with Gasteiger partial charge in [0.2, 0.25) is 0 Å². The van der Waals surface area contributed by atoms with Crippen molar-refractivity contribution in [3.05, 3.63) is 71.9 Å². The highest BCUT2D eigenvalue weighted by Crippen LogP contribution is 2.28. The van der Waals surface area contributed by atoms with E-state index in [4.69, 9.17) is 4.74 Å². The summed E-state index contributed by atoms with van der Waals surface area (Å²) in [5.74, 6) is 0.927. The van der Waals surface area contributed by atoms with Gasteiger partial charge in [-0.05, 0) is 66.2 Å². The molecule has 30 heavy (non-hydrogen) atoms. The average molecular weight is 413 g/mol. The first-order valence-corrected chi connectivity index (χ1v) is 11.3. The molecule has 168 valence electrons. The second kappa shape index (κ2) is 14.8. The van der Waals surface area contributed by atoms with Gasteiger partial charge in [0.15, 0.2) is 0 Å². The third kappa shape index (κ3) is 11.2. The molecule has 0 saturated heterocycles. The van der Waals surface area contributed by atoms with Gasteiger partial charge in [0.05, 0.1) is 6.61 Å². The van der Waals surface area contributed by atoms with E-state index in [9.17, 15) is 4.79 Å². The maximum absolute atomic E-state index is 11.0. The van der Waals surface area contributed by atoms with Gasteiger partial charge in [0.1, 0.15) is 0 Å². The molecule has 0 aliphatic carbocycles. The zero-order valence-electron chi connectivity index (χ0n) is 20.4. The second-order valence-corrected chi connectivity index (χ2v) is 8.54. The third-order valence-electron chi connectivity index (χ3n) is 5.45. The fraction of sp³-hybridized carbons (Fsp3) is 0.536. The Kier molecular flexibility index (Phi) is 13.8. The molecule has 0 aromatic carbocycles. The molecule has 0 aliphatic rings. The zero-order chi connectivity index (χ0) is 23.3. The highest BCUT2D eigenvalue weighted by Gasteiger charge is 2.11. The van der Waals surface area contributed by atoms with Gasteiger partial charge in [-0.25, -0.2) is 0 Å². The average Bonchev–Trinajstić information content (AvgIpc) is 2.70. The summed E-state index contributed by atoms with van der Waals surface area (Å²) < 4.78 is 5.06. The van der Waals surface area contributed by atoms with Crippen molar-refractivity contribution in [2.45, 2.75) is 80.1 Å². The van der Waals surface area contributed by atoms with Crippen molar-refractivity contribution >= 4 is 5.97 Å². The number of hydrogen-bond donors (Lipinski definition) is 0. The quantitative estimate of drug-likeness (QED) is 0.154. The maximum atomic E-state index is 11.0. The number of esters is 1. The molecule has 0 radical (unpaired) electrons. The van der Waals surface area contributed by atoms with E-state index in [-0.39, 0.29) is 5.97 Å². The van der Waals surface area contributed by atoms with Crippen LogP contribution in [0.25, 0.3) is 0 Å². The van der Waals surface area contributed by atoms with Crippen LogP contribution >= 0.6 is 0 Å². The molecule has 0 spiro atoms. The summed E-state index contributed by atoms with van der Waals surface area (Å²) in [7, 11) is 0. The smallest absolute Gasteiger partial charge is 0.302 e. The lowest BCUT2D eigenvalue weighted by Gasteiger charge is -2.17.